The van der Waals surface area contributed by atoms with Gasteiger partial charge in [0.25, 0.3) is 0 Å². The highest BCUT2D eigenvalue weighted by atomic mass is 32.1. The molecule has 0 aromatic carbocycles. The number of ether oxygens (including phenoxy) is 1. The number of aromatic nitrogens is 2. The number of hydrogen-bond donors (Lipinski definition) is 0. The molecule has 3 atom stereocenters. The van der Waals surface area contributed by atoms with Crippen LogP contribution in [0, 0.1) is 18.8 Å². The summed E-state index contributed by atoms with van der Waals surface area (Å²) in [6.45, 7) is 5.50. The van der Waals surface area contributed by atoms with E-state index in [1.807, 2.05) is 23.8 Å². The quantitative estimate of drug-likeness (QED) is 0.869. The number of rotatable bonds is 4. The summed E-state index contributed by atoms with van der Waals surface area (Å²) in [4.78, 5) is 12.5. The van der Waals surface area contributed by atoms with Crippen LogP contribution in [0.25, 0.3) is 0 Å². The van der Waals surface area contributed by atoms with Gasteiger partial charge in [-0.25, -0.2) is 4.98 Å². The number of fused-ring (bicyclic) bond motifs is 1. The number of pyridine rings is 1. The Kier molecular flexibility index (Phi) is 3.84. The van der Waals surface area contributed by atoms with Crippen LogP contribution in [0.4, 0.5) is 0 Å². The zero-order valence-electron chi connectivity index (χ0n) is 12.8. The van der Waals surface area contributed by atoms with Crippen molar-refractivity contribution in [2.45, 2.75) is 32.4 Å². The summed E-state index contributed by atoms with van der Waals surface area (Å²) >= 11 is 1.78. The van der Waals surface area contributed by atoms with Gasteiger partial charge in [-0.2, -0.15) is 0 Å². The van der Waals surface area contributed by atoms with E-state index in [0.717, 1.165) is 24.8 Å². The van der Waals surface area contributed by atoms with Crippen molar-refractivity contribution in [3.8, 4) is 5.75 Å². The Balaban J connectivity index is 1.40. The van der Waals surface area contributed by atoms with Gasteiger partial charge >= 0.3 is 0 Å². The van der Waals surface area contributed by atoms with Crippen LogP contribution in [0.15, 0.2) is 30.0 Å². The first kappa shape index (κ1) is 14.2. The van der Waals surface area contributed by atoms with Crippen molar-refractivity contribution >= 4 is 11.3 Å². The Morgan fingerprint density at radius 2 is 2.32 bits per heavy atom. The first-order chi connectivity index (χ1) is 10.8. The van der Waals surface area contributed by atoms with Gasteiger partial charge < -0.3 is 4.74 Å². The smallest absolute Gasteiger partial charge is 0.138 e. The van der Waals surface area contributed by atoms with Crippen LogP contribution in [0.2, 0.25) is 0 Å². The lowest BCUT2D eigenvalue weighted by Crippen LogP contribution is -2.28. The molecule has 0 spiro atoms. The molecule has 2 aliphatic rings. The lowest BCUT2D eigenvalue weighted by Gasteiger charge is -2.21. The molecule has 1 saturated heterocycles. The molecule has 1 aliphatic heterocycles. The van der Waals surface area contributed by atoms with E-state index in [0.29, 0.717) is 12.0 Å². The molecule has 0 N–H and O–H groups in total. The average molecular weight is 315 g/mol. The minimum atomic E-state index is 0.349. The first-order valence-corrected chi connectivity index (χ1v) is 8.85. The van der Waals surface area contributed by atoms with Crippen LogP contribution in [-0.4, -0.2) is 34.1 Å². The third kappa shape index (κ3) is 2.75. The maximum atomic E-state index is 6.20. The van der Waals surface area contributed by atoms with Gasteiger partial charge in [-0.1, -0.05) is 0 Å². The molecule has 22 heavy (non-hydrogen) atoms. The van der Waals surface area contributed by atoms with Gasteiger partial charge in [0.05, 0.1) is 17.4 Å². The topological polar surface area (TPSA) is 38.2 Å². The highest BCUT2D eigenvalue weighted by molar-refractivity contribution is 7.09. The molecular weight excluding hydrogens is 294 g/mol. The van der Waals surface area contributed by atoms with E-state index in [9.17, 15) is 0 Å². The second-order valence-electron chi connectivity index (χ2n) is 6.40. The molecule has 2 fully saturated rings. The number of nitrogens with zero attached hydrogens (tertiary/aromatic N) is 3. The van der Waals surface area contributed by atoms with Crippen LogP contribution in [0.3, 0.4) is 0 Å². The minimum absolute atomic E-state index is 0.349. The van der Waals surface area contributed by atoms with Gasteiger partial charge in [0.15, 0.2) is 0 Å². The third-order valence-electron chi connectivity index (χ3n) is 5.00. The van der Waals surface area contributed by atoms with Crippen molar-refractivity contribution in [1.29, 1.82) is 0 Å². The van der Waals surface area contributed by atoms with E-state index in [4.69, 9.17) is 4.74 Å². The molecule has 0 unspecified atom stereocenters. The van der Waals surface area contributed by atoms with E-state index in [1.54, 1.807) is 17.5 Å². The molecule has 0 bridgehead atoms. The predicted molar refractivity (Wildman–Crippen MR) is 87.0 cm³/mol. The van der Waals surface area contributed by atoms with Crippen LogP contribution in [0.1, 0.15) is 23.4 Å². The highest BCUT2D eigenvalue weighted by Gasteiger charge is 2.43. The molecule has 2 aromatic heterocycles. The Morgan fingerprint density at radius 1 is 1.36 bits per heavy atom. The Morgan fingerprint density at radius 3 is 3.09 bits per heavy atom. The standard InChI is InChI=1S/C17H21N3OS/c1-12-17(22-11-19-12)10-20-8-13-4-5-16(15(13)9-20)21-14-3-2-6-18-7-14/h2-3,6-7,11,13,15-16H,4-5,8-10H2,1H3/t13-,15+,16-/m1/s1. The molecule has 4 nitrogen and oxygen atoms in total. The van der Waals surface area contributed by atoms with E-state index < -0.39 is 0 Å². The second kappa shape index (κ2) is 5.97. The minimum Gasteiger partial charge on any atom is -0.488 e. The second-order valence-corrected chi connectivity index (χ2v) is 7.34. The van der Waals surface area contributed by atoms with Gasteiger partial charge in [0, 0.05) is 36.6 Å². The summed E-state index contributed by atoms with van der Waals surface area (Å²) in [5.74, 6) is 2.35. The van der Waals surface area contributed by atoms with Crippen molar-refractivity contribution in [1.82, 2.24) is 14.9 Å². The predicted octanol–water partition coefficient (Wildman–Crippen LogP) is 3.14. The van der Waals surface area contributed by atoms with Crippen molar-refractivity contribution in [2.24, 2.45) is 11.8 Å². The SMILES string of the molecule is Cc1ncsc1CN1C[C@H]2CC[C@@H](Oc3cccnc3)[C@H]2C1. The Hall–Kier alpha value is -1.46. The molecule has 5 heteroatoms. The summed E-state index contributed by atoms with van der Waals surface area (Å²) in [5.41, 5.74) is 3.14. The highest BCUT2D eigenvalue weighted by Crippen LogP contribution is 2.40. The maximum absolute atomic E-state index is 6.20. The lowest BCUT2D eigenvalue weighted by molar-refractivity contribution is 0.147. The lowest BCUT2D eigenvalue weighted by atomic mass is 9.99. The largest absolute Gasteiger partial charge is 0.488 e. The molecule has 0 amide bonds. The summed E-state index contributed by atoms with van der Waals surface area (Å²) in [7, 11) is 0. The molecule has 1 aliphatic carbocycles. The molecule has 1 saturated carbocycles. The summed E-state index contributed by atoms with van der Waals surface area (Å²) in [5, 5.41) is 0. The molecule has 3 heterocycles. The monoisotopic (exact) mass is 315 g/mol. The van der Waals surface area contributed by atoms with Crippen molar-refractivity contribution < 1.29 is 4.74 Å². The van der Waals surface area contributed by atoms with Crippen LogP contribution in [0.5, 0.6) is 5.75 Å². The van der Waals surface area contributed by atoms with E-state index in [2.05, 4.69) is 21.8 Å². The zero-order chi connectivity index (χ0) is 14.9. The normalized spacial score (nSPS) is 28.0. The van der Waals surface area contributed by atoms with Crippen LogP contribution < -0.4 is 4.74 Å². The summed E-state index contributed by atoms with van der Waals surface area (Å²) in [6.07, 6.45) is 6.42. The fraction of sp³-hybridized carbons (Fsp3) is 0.529. The van der Waals surface area contributed by atoms with E-state index in [-0.39, 0.29) is 0 Å². The molecule has 4 rings (SSSR count). The fourth-order valence-electron chi connectivity index (χ4n) is 3.86. The number of aryl methyl sites for hydroxylation is 1. The molecular formula is C17H21N3OS. The van der Waals surface area contributed by atoms with E-state index >= 15 is 0 Å². The van der Waals surface area contributed by atoms with Crippen molar-refractivity contribution in [3.05, 3.63) is 40.6 Å². The molecule has 116 valence electrons. The van der Waals surface area contributed by atoms with Gasteiger partial charge in [-0.05, 0) is 37.8 Å². The van der Waals surface area contributed by atoms with Gasteiger partial charge in [0.2, 0.25) is 0 Å². The Bertz CT molecular complexity index is 630. The average Bonchev–Trinajstić information content (AvgIpc) is 3.20. The van der Waals surface area contributed by atoms with Crippen LogP contribution in [-0.2, 0) is 6.54 Å². The van der Waals surface area contributed by atoms with E-state index in [1.165, 1.54) is 30.0 Å². The number of hydrogen-bond acceptors (Lipinski definition) is 5. The van der Waals surface area contributed by atoms with Gasteiger partial charge in [-0.3, -0.25) is 9.88 Å². The van der Waals surface area contributed by atoms with Crippen molar-refractivity contribution in [3.63, 3.8) is 0 Å². The van der Waals surface area contributed by atoms with Crippen molar-refractivity contribution in [2.75, 3.05) is 13.1 Å². The van der Waals surface area contributed by atoms with Gasteiger partial charge in [-0.15, -0.1) is 11.3 Å². The third-order valence-corrected chi connectivity index (χ3v) is 5.92. The molecule has 2 aromatic rings. The summed E-state index contributed by atoms with van der Waals surface area (Å²) < 4.78 is 6.20. The maximum Gasteiger partial charge on any atom is 0.138 e. The zero-order valence-corrected chi connectivity index (χ0v) is 13.6. The van der Waals surface area contributed by atoms with Crippen LogP contribution >= 0.6 is 11.3 Å². The molecule has 0 radical (unpaired) electrons. The van der Waals surface area contributed by atoms with Gasteiger partial charge in [0.1, 0.15) is 11.9 Å². The fourth-order valence-corrected chi connectivity index (χ4v) is 4.67. The first-order valence-electron chi connectivity index (χ1n) is 7.97. The number of thiazole rings is 1. The number of likely N-dealkylation sites (tertiary alicyclic amines) is 1. The summed E-state index contributed by atoms with van der Waals surface area (Å²) in [6, 6.07) is 3.95. The Labute approximate surface area is 135 Å².